The van der Waals surface area contributed by atoms with Crippen LogP contribution in [0.5, 0.6) is 0 Å². The summed E-state index contributed by atoms with van der Waals surface area (Å²) >= 11 is 0. The highest BCUT2D eigenvalue weighted by molar-refractivity contribution is 5.35. The van der Waals surface area contributed by atoms with Gasteiger partial charge in [-0.3, -0.25) is 10.1 Å². The minimum Gasteiger partial charge on any atom is -0.388 e. The van der Waals surface area contributed by atoms with Crippen LogP contribution in [0.3, 0.4) is 0 Å². The molecule has 1 aromatic rings. The molecule has 1 aliphatic rings. The Balaban J connectivity index is 2.02. The molecule has 0 radical (unpaired) electrons. The van der Waals surface area contributed by atoms with E-state index >= 15 is 0 Å². The monoisotopic (exact) mass is 294 g/mol. The second kappa shape index (κ2) is 6.98. The number of non-ortho nitro benzene ring substituents is 1. The number of hydrogen-bond acceptors (Lipinski definition) is 5. The molecule has 1 aromatic carbocycles. The van der Waals surface area contributed by atoms with Crippen molar-refractivity contribution in [2.75, 3.05) is 19.8 Å². The van der Waals surface area contributed by atoms with Crippen LogP contribution in [0.25, 0.3) is 0 Å². The molecule has 0 amide bonds. The van der Waals surface area contributed by atoms with E-state index in [2.05, 4.69) is 5.32 Å². The molecule has 2 N–H and O–H groups in total. The first kappa shape index (κ1) is 15.9. The molecule has 0 saturated carbocycles. The van der Waals surface area contributed by atoms with Crippen LogP contribution in [0.1, 0.15) is 37.8 Å². The van der Waals surface area contributed by atoms with Gasteiger partial charge in [0.25, 0.3) is 5.69 Å². The fraction of sp³-hybridized carbons (Fsp3) is 0.600. The summed E-state index contributed by atoms with van der Waals surface area (Å²) < 4.78 is 5.26. The molecule has 0 bridgehead atoms. The van der Waals surface area contributed by atoms with Gasteiger partial charge in [-0.05, 0) is 12.0 Å². The van der Waals surface area contributed by atoms with Crippen LogP contribution in [0, 0.1) is 10.1 Å². The third-order valence-electron chi connectivity index (χ3n) is 3.99. The highest BCUT2D eigenvalue weighted by Crippen LogP contribution is 2.24. The molecule has 1 unspecified atom stereocenters. The third kappa shape index (κ3) is 4.23. The topological polar surface area (TPSA) is 84.6 Å². The van der Waals surface area contributed by atoms with Crippen LogP contribution < -0.4 is 5.32 Å². The summed E-state index contributed by atoms with van der Waals surface area (Å²) in [6.45, 7) is 3.64. The number of nitrogens with zero attached hydrogens (tertiary/aromatic N) is 1. The fourth-order valence-corrected chi connectivity index (χ4v) is 2.59. The maximum atomic E-state index is 10.9. The van der Waals surface area contributed by atoms with Gasteiger partial charge in [0.05, 0.1) is 10.5 Å². The van der Waals surface area contributed by atoms with E-state index in [1.54, 1.807) is 12.1 Å². The predicted molar refractivity (Wildman–Crippen MR) is 79.1 cm³/mol. The second-order valence-corrected chi connectivity index (χ2v) is 5.53. The van der Waals surface area contributed by atoms with E-state index in [0.29, 0.717) is 32.6 Å². The van der Waals surface area contributed by atoms with Crippen molar-refractivity contribution in [3.05, 3.63) is 39.9 Å². The number of benzene rings is 1. The van der Waals surface area contributed by atoms with E-state index < -0.39 is 5.60 Å². The van der Waals surface area contributed by atoms with Crippen LogP contribution in [-0.4, -0.2) is 35.4 Å². The van der Waals surface area contributed by atoms with Gasteiger partial charge in [-0.25, -0.2) is 0 Å². The summed E-state index contributed by atoms with van der Waals surface area (Å²) in [6.07, 6.45) is 2.03. The van der Waals surface area contributed by atoms with Gasteiger partial charge in [0.2, 0.25) is 0 Å². The molecule has 6 heteroatoms. The highest BCUT2D eigenvalue weighted by atomic mass is 16.6. The molecule has 1 aliphatic heterocycles. The first-order chi connectivity index (χ1) is 10.0. The smallest absolute Gasteiger partial charge is 0.269 e. The molecule has 21 heavy (non-hydrogen) atoms. The average molecular weight is 294 g/mol. The van der Waals surface area contributed by atoms with Crippen LogP contribution in [0.4, 0.5) is 5.69 Å². The lowest BCUT2D eigenvalue weighted by Crippen LogP contribution is -2.45. The Labute approximate surface area is 124 Å². The van der Waals surface area contributed by atoms with Crippen LogP contribution in [0.15, 0.2) is 24.3 Å². The van der Waals surface area contributed by atoms with E-state index in [0.717, 1.165) is 12.0 Å². The van der Waals surface area contributed by atoms with Crippen molar-refractivity contribution in [2.24, 2.45) is 0 Å². The highest BCUT2D eigenvalue weighted by Gasteiger charge is 2.30. The zero-order valence-electron chi connectivity index (χ0n) is 12.2. The maximum absolute atomic E-state index is 10.9. The zero-order chi connectivity index (χ0) is 15.3. The minimum atomic E-state index is -0.744. The maximum Gasteiger partial charge on any atom is 0.269 e. The van der Waals surface area contributed by atoms with Gasteiger partial charge in [-0.1, -0.05) is 19.1 Å². The standard InChI is InChI=1S/C15H22N2O4/c1-2-14(12-4-3-5-13(10-12)17(19)20)16-11-15(18)6-8-21-9-7-15/h3-5,10,14,16,18H,2,6-9,11H2,1H3. The van der Waals surface area contributed by atoms with E-state index in [9.17, 15) is 15.2 Å². The molecule has 1 atom stereocenters. The van der Waals surface area contributed by atoms with E-state index in [-0.39, 0.29) is 16.7 Å². The molecule has 0 spiro atoms. The first-order valence-corrected chi connectivity index (χ1v) is 7.32. The number of nitrogens with one attached hydrogen (secondary N) is 1. The van der Waals surface area contributed by atoms with Gasteiger partial charge < -0.3 is 15.2 Å². The first-order valence-electron chi connectivity index (χ1n) is 7.32. The predicted octanol–water partition coefficient (Wildman–Crippen LogP) is 2.18. The number of hydrogen-bond donors (Lipinski definition) is 2. The summed E-state index contributed by atoms with van der Waals surface area (Å²) in [4.78, 5) is 10.5. The Morgan fingerprint density at radius 2 is 2.19 bits per heavy atom. The van der Waals surface area contributed by atoms with Crippen LogP contribution >= 0.6 is 0 Å². The largest absolute Gasteiger partial charge is 0.388 e. The van der Waals surface area contributed by atoms with Gasteiger partial charge >= 0.3 is 0 Å². The molecule has 0 aliphatic carbocycles. The van der Waals surface area contributed by atoms with Crippen LogP contribution in [-0.2, 0) is 4.74 Å². The van der Waals surface area contributed by atoms with E-state index in [1.165, 1.54) is 6.07 Å². The summed E-state index contributed by atoms with van der Waals surface area (Å²) in [6, 6.07) is 6.65. The Morgan fingerprint density at radius 1 is 1.48 bits per heavy atom. The van der Waals surface area contributed by atoms with Crippen molar-refractivity contribution in [3.8, 4) is 0 Å². The summed E-state index contributed by atoms with van der Waals surface area (Å²) in [5, 5.41) is 24.6. The van der Waals surface area contributed by atoms with Gasteiger partial charge in [-0.15, -0.1) is 0 Å². The molecule has 0 aromatic heterocycles. The number of aliphatic hydroxyl groups is 1. The Bertz CT molecular complexity index is 486. The quantitative estimate of drug-likeness (QED) is 0.620. The molecular formula is C15H22N2O4. The minimum absolute atomic E-state index is 0.00299. The molecule has 2 rings (SSSR count). The molecule has 116 valence electrons. The van der Waals surface area contributed by atoms with Crippen molar-refractivity contribution in [3.63, 3.8) is 0 Å². The molecule has 6 nitrogen and oxygen atoms in total. The molecule has 1 heterocycles. The van der Waals surface area contributed by atoms with Gasteiger partial charge in [0.15, 0.2) is 0 Å². The van der Waals surface area contributed by atoms with Gasteiger partial charge in [0, 0.05) is 50.8 Å². The van der Waals surface area contributed by atoms with Crippen molar-refractivity contribution in [1.82, 2.24) is 5.32 Å². The van der Waals surface area contributed by atoms with Crippen molar-refractivity contribution < 1.29 is 14.8 Å². The number of nitro groups is 1. The molecular weight excluding hydrogens is 272 g/mol. The van der Waals surface area contributed by atoms with Crippen molar-refractivity contribution >= 4 is 5.69 Å². The lowest BCUT2D eigenvalue weighted by atomic mass is 9.93. The Morgan fingerprint density at radius 3 is 2.81 bits per heavy atom. The van der Waals surface area contributed by atoms with Gasteiger partial charge in [-0.2, -0.15) is 0 Å². The van der Waals surface area contributed by atoms with Crippen molar-refractivity contribution in [1.29, 1.82) is 0 Å². The molecule has 1 saturated heterocycles. The fourth-order valence-electron chi connectivity index (χ4n) is 2.59. The zero-order valence-corrected chi connectivity index (χ0v) is 12.2. The average Bonchev–Trinajstić information content (AvgIpc) is 2.49. The molecule has 1 fully saturated rings. The van der Waals surface area contributed by atoms with Gasteiger partial charge in [0.1, 0.15) is 0 Å². The Kier molecular flexibility index (Phi) is 5.27. The number of rotatable bonds is 6. The second-order valence-electron chi connectivity index (χ2n) is 5.53. The lowest BCUT2D eigenvalue weighted by molar-refractivity contribution is -0.384. The SMILES string of the molecule is CCC(NCC1(O)CCOCC1)c1cccc([N+](=O)[O-])c1. The van der Waals surface area contributed by atoms with E-state index in [4.69, 9.17) is 4.74 Å². The lowest BCUT2D eigenvalue weighted by Gasteiger charge is -2.33. The third-order valence-corrected chi connectivity index (χ3v) is 3.99. The number of ether oxygens (including phenoxy) is 1. The van der Waals surface area contributed by atoms with Crippen molar-refractivity contribution in [2.45, 2.75) is 37.8 Å². The summed E-state index contributed by atoms with van der Waals surface area (Å²) in [7, 11) is 0. The summed E-state index contributed by atoms with van der Waals surface area (Å²) in [5.74, 6) is 0. The summed E-state index contributed by atoms with van der Waals surface area (Å²) in [5.41, 5.74) is 0.228. The van der Waals surface area contributed by atoms with Crippen LogP contribution in [0.2, 0.25) is 0 Å². The Hall–Kier alpha value is -1.50. The normalized spacial score (nSPS) is 19.1. The number of nitro benzene ring substituents is 1. The van der Waals surface area contributed by atoms with E-state index in [1.807, 2.05) is 13.0 Å².